The van der Waals surface area contributed by atoms with Crippen molar-refractivity contribution in [2.24, 2.45) is 0 Å². The summed E-state index contributed by atoms with van der Waals surface area (Å²) in [6, 6.07) is 17.9. The van der Waals surface area contributed by atoms with Crippen LogP contribution in [0.15, 0.2) is 60.7 Å². The number of hydrogen-bond acceptors (Lipinski definition) is 1. The van der Waals surface area contributed by atoms with Crippen molar-refractivity contribution in [2.75, 3.05) is 12.4 Å². The van der Waals surface area contributed by atoms with Crippen LogP contribution in [0.1, 0.15) is 25.0 Å². The van der Waals surface area contributed by atoms with Gasteiger partial charge >= 0.3 is 0 Å². The van der Waals surface area contributed by atoms with Gasteiger partial charge in [-0.25, -0.2) is 0 Å². The van der Waals surface area contributed by atoms with Gasteiger partial charge in [0, 0.05) is 17.7 Å². The maximum Gasteiger partial charge on any atom is 0.254 e. The molecule has 0 aromatic heterocycles. The van der Waals surface area contributed by atoms with Crippen LogP contribution in [0.4, 0.5) is 5.69 Å². The van der Waals surface area contributed by atoms with Crippen LogP contribution in [-0.2, 0) is 11.2 Å². The lowest BCUT2D eigenvalue weighted by molar-refractivity contribution is -0.860. The Balaban J connectivity index is 1.95. The van der Waals surface area contributed by atoms with Crippen LogP contribution in [0.3, 0.4) is 0 Å². The number of carbonyl (C=O) groups excluding carboxylic acids is 1. The lowest BCUT2D eigenvalue weighted by atomic mass is 9.84. The molecule has 3 nitrogen and oxygen atoms in total. The van der Waals surface area contributed by atoms with Gasteiger partial charge in [0.1, 0.15) is 11.2 Å². The summed E-state index contributed by atoms with van der Waals surface area (Å²) in [7, 11) is 2.14. The maximum absolute atomic E-state index is 12.4. The van der Waals surface area contributed by atoms with E-state index in [2.05, 4.69) is 44.4 Å². The van der Waals surface area contributed by atoms with Crippen molar-refractivity contribution in [3.8, 4) is 0 Å². The van der Waals surface area contributed by atoms with E-state index in [4.69, 9.17) is 0 Å². The summed E-state index contributed by atoms with van der Waals surface area (Å²) in [5, 5.41) is 2.94. The molecular weight excluding hydrogens is 284 g/mol. The lowest BCUT2D eigenvalue weighted by Crippen LogP contribution is -3.15. The maximum atomic E-state index is 12.4. The second kappa shape index (κ2) is 6.01. The third kappa shape index (κ3) is 3.20. The molecule has 0 aliphatic carbocycles. The smallest absolute Gasteiger partial charge is 0.254 e. The Bertz CT molecular complexity index is 747. The fourth-order valence-electron chi connectivity index (χ4n) is 3.13. The monoisotopic (exact) mass is 307 g/mol. The van der Waals surface area contributed by atoms with Crippen LogP contribution in [-0.4, -0.2) is 18.5 Å². The Labute approximate surface area is 137 Å². The summed E-state index contributed by atoms with van der Waals surface area (Å²) in [6.45, 7) is 4.47. The average Bonchev–Trinajstić information content (AvgIpc) is 2.52. The fraction of sp³-hybridized carbons (Fsp3) is 0.250. The van der Waals surface area contributed by atoms with Gasteiger partial charge in [0.05, 0.1) is 13.1 Å². The Hall–Kier alpha value is -2.39. The highest BCUT2D eigenvalue weighted by atomic mass is 16.1. The molecule has 0 fully saturated rings. The Kier molecular flexibility index (Phi) is 4.05. The molecule has 1 aliphatic rings. The van der Waals surface area contributed by atoms with Crippen molar-refractivity contribution in [2.45, 2.75) is 25.8 Å². The van der Waals surface area contributed by atoms with E-state index >= 15 is 0 Å². The first kappa shape index (κ1) is 15.5. The molecule has 2 aromatic carbocycles. The number of benzene rings is 2. The normalized spacial score (nSPS) is 20.8. The van der Waals surface area contributed by atoms with Crippen LogP contribution < -0.4 is 10.2 Å². The number of hydrogen-bond donors (Lipinski definition) is 2. The molecule has 1 unspecified atom stereocenters. The van der Waals surface area contributed by atoms with Gasteiger partial charge in [-0.3, -0.25) is 9.69 Å². The molecule has 1 aliphatic heterocycles. The molecule has 2 aromatic rings. The van der Waals surface area contributed by atoms with Crippen molar-refractivity contribution < 1.29 is 9.69 Å². The first-order valence-corrected chi connectivity index (χ1v) is 7.98. The van der Waals surface area contributed by atoms with Gasteiger partial charge in [-0.15, -0.1) is 0 Å². The molecule has 2 N–H and O–H groups in total. The number of fused-ring (bicyclic) bond motifs is 1. The molecule has 3 heteroatoms. The van der Waals surface area contributed by atoms with E-state index < -0.39 is 0 Å². The molecule has 0 spiro atoms. The largest absolute Gasteiger partial charge is 0.322 e. The summed E-state index contributed by atoms with van der Waals surface area (Å²) >= 11 is 0. The minimum atomic E-state index is -0.0851. The van der Waals surface area contributed by atoms with Gasteiger partial charge < -0.3 is 5.32 Å². The average molecular weight is 307 g/mol. The molecule has 23 heavy (non-hydrogen) atoms. The topological polar surface area (TPSA) is 33.5 Å². The molecule has 0 radical (unpaired) electrons. The van der Waals surface area contributed by atoms with Crippen LogP contribution in [0.25, 0.3) is 5.70 Å². The van der Waals surface area contributed by atoms with Gasteiger partial charge in [0.2, 0.25) is 0 Å². The number of para-hydroxylation sites is 1. The van der Waals surface area contributed by atoms with E-state index in [1.165, 1.54) is 16.0 Å². The molecule has 3 rings (SSSR count). The van der Waals surface area contributed by atoms with E-state index in [0.717, 1.165) is 17.8 Å². The molecule has 0 bridgehead atoms. The van der Waals surface area contributed by atoms with E-state index in [0.29, 0.717) is 0 Å². The SMILES string of the molecule is C[NH+]1C(=CC(=O)Nc2ccccc2)c2ccccc2CC1(C)C. The van der Waals surface area contributed by atoms with Gasteiger partial charge in [0.25, 0.3) is 5.91 Å². The summed E-state index contributed by atoms with van der Waals surface area (Å²) in [5.41, 5.74) is 4.41. The summed E-state index contributed by atoms with van der Waals surface area (Å²) < 4.78 is 0. The van der Waals surface area contributed by atoms with E-state index in [1.54, 1.807) is 6.08 Å². The van der Waals surface area contributed by atoms with Gasteiger partial charge in [0.15, 0.2) is 0 Å². The highest BCUT2D eigenvalue weighted by Crippen LogP contribution is 2.25. The second-order valence-electron chi connectivity index (χ2n) is 6.76. The number of nitrogens with one attached hydrogen (secondary N) is 2. The number of amides is 1. The quantitative estimate of drug-likeness (QED) is 0.821. The molecular formula is C20H23N2O+. The zero-order chi connectivity index (χ0) is 16.4. The standard InChI is InChI=1S/C20H22N2O/c1-20(2)14-15-9-7-8-12-17(15)18(22(20)3)13-19(23)21-16-10-5-4-6-11-16/h4-13H,14H2,1-3H3,(H,21,23)/p+1. The Morgan fingerprint density at radius 3 is 2.48 bits per heavy atom. The van der Waals surface area contributed by atoms with Crippen molar-refractivity contribution >= 4 is 17.3 Å². The van der Waals surface area contributed by atoms with Crippen LogP contribution in [0, 0.1) is 0 Å². The third-order valence-corrected chi connectivity index (χ3v) is 4.68. The first-order chi connectivity index (χ1) is 11.0. The van der Waals surface area contributed by atoms with E-state index in [9.17, 15) is 4.79 Å². The van der Waals surface area contributed by atoms with Crippen LogP contribution >= 0.6 is 0 Å². The minimum absolute atomic E-state index is 0.0627. The number of carbonyl (C=O) groups is 1. The highest BCUT2D eigenvalue weighted by Gasteiger charge is 2.38. The predicted molar refractivity (Wildman–Crippen MR) is 94.2 cm³/mol. The minimum Gasteiger partial charge on any atom is -0.322 e. The van der Waals surface area contributed by atoms with Crippen molar-refractivity contribution in [3.05, 3.63) is 71.8 Å². The highest BCUT2D eigenvalue weighted by molar-refractivity contribution is 6.03. The first-order valence-electron chi connectivity index (χ1n) is 7.98. The molecule has 1 heterocycles. The van der Waals surface area contributed by atoms with Gasteiger partial charge in [-0.05, 0) is 37.6 Å². The van der Waals surface area contributed by atoms with E-state index in [1.807, 2.05) is 36.4 Å². The molecule has 118 valence electrons. The van der Waals surface area contributed by atoms with Crippen molar-refractivity contribution in [1.29, 1.82) is 0 Å². The van der Waals surface area contributed by atoms with Crippen molar-refractivity contribution in [1.82, 2.24) is 0 Å². The molecule has 0 saturated heterocycles. The zero-order valence-corrected chi connectivity index (χ0v) is 13.9. The summed E-state index contributed by atoms with van der Waals surface area (Å²) in [5.74, 6) is -0.0851. The van der Waals surface area contributed by atoms with Crippen LogP contribution in [0.2, 0.25) is 0 Å². The number of quaternary nitrogens is 1. The Morgan fingerprint density at radius 1 is 1.09 bits per heavy atom. The summed E-state index contributed by atoms with van der Waals surface area (Å²) in [6.07, 6.45) is 2.74. The number of likely N-dealkylation sites (N-methyl/N-ethyl adjacent to an activating group) is 1. The Morgan fingerprint density at radius 2 is 1.74 bits per heavy atom. The number of rotatable bonds is 2. The summed E-state index contributed by atoms with van der Waals surface area (Å²) in [4.78, 5) is 13.7. The number of anilines is 1. The predicted octanol–water partition coefficient (Wildman–Crippen LogP) is 2.52. The second-order valence-corrected chi connectivity index (χ2v) is 6.76. The fourth-order valence-corrected chi connectivity index (χ4v) is 3.13. The van der Waals surface area contributed by atoms with Crippen molar-refractivity contribution in [3.63, 3.8) is 0 Å². The molecule has 1 amide bonds. The third-order valence-electron chi connectivity index (χ3n) is 4.68. The van der Waals surface area contributed by atoms with Crippen LogP contribution in [0.5, 0.6) is 0 Å². The molecule has 1 atom stereocenters. The van der Waals surface area contributed by atoms with Gasteiger partial charge in [-0.1, -0.05) is 36.4 Å². The van der Waals surface area contributed by atoms with Gasteiger partial charge in [-0.2, -0.15) is 0 Å². The lowest BCUT2D eigenvalue weighted by Gasteiger charge is -2.38. The zero-order valence-electron chi connectivity index (χ0n) is 13.9. The molecule has 0 saturated carbocycles. The van der Waals surface area contributed by atoms with E-state index in [-0.39, 0.29) is 11.4 Å².